The number of benzene rings is 2. The van der Waals surface area contributed by atoms with Gasteiger partial charge in [0.25, 0.3) is 0 Å². The minimum atomic E-state index is -0.642. The fraction of sp³-hybridized carbons (Fsp3) is 0.207. The van der Waals surface area contributed by atoms with Crippen LogP contribution in [-0.2, 0) is 27.8 Å². The van der Waals surface area contributed by atoms with E-state index in [2.05, 4.69) is 21.7 Å². The van der Waals surface area contributed by atoms with Crippen molar-refractivity contribution in [1.82, 2.24) is 9.97 Å². The van der Waals surface area contributed by atoms with Crippen molar-refractivity contribution in [3.05, 3.63) is 94.8 Å². The Morgan fingerprint density at radius 2 is 1.81 bits per heavy atom. The lowest BCUT2D eigenvalue weighted by atomic mass is 9.79. The van der Waals surface area contributed by atoms with Crippen LogP contribution in [0.1, 0.15) is 51.5 Å². The molecule has 2 atom stereocenters. The summed E-state index contributed by atoms with van der Waals surface area (Å²) in [7, 11) is 0. The smallest absolute Gasteiger partial charge is 0.237 e. The van der Waals surface area contributed by atoms with Crippen LogP contribution >= 0.6 is 0 Å². The van der Waals surface area contributed by atoms with E-state index in [1.165, 1.54) is 0 Å². The van der Waals surface area contributed by atoms with E-state index in [0.717, 1.165) is 38.8 Å². The second-order valence-electron chi connectivity index (χ2n) is 9.96. The average molecular weight is 475 g/mol. The molecule has 4 heterocycles. The Labute approximate surface area is 207 Å². The van der Waals surface area contributed by atoms with Crippen molar-refractivity contribution in [3.8, 4) is 0 Å². The first-order valence-corrected chi connectivity index (χ1v) is 12.1. The van der Waals surface area contributed by atoms with Gasteiger partial charge >= 0.3 is 0 Å². The highest BCUT2D eigenvalue weighted by Gasteiger charge is 2.51. The standard InChI is InChI=1S/C29H22N4O3/c34-25(12-17-13-26(35)32-22-6-2-1-4-20(17)22)23-8-7-16-10-18-14-29(15-19(18)11-24(16)31-23)21-5-3-9-30-27(21)33-28(29)36/h1-11,17H,12-15H2,(H,32,35)(H,30,33,36). The van der Waals surface area contributed by atoms with E-state index >= 15 is 0 Å². The number of fused-ring (bicyclic) bond motifs is 5. The Bertz CT molecular complexity index is 1630. The molecule has 36 heavy (non-hydrogen) atoms. The Morgan fingerprint density at radius 3 is 2.69 bits per heavy atom. The van der Waals surface area contributed by atoms with Gasteiger partial charge in [-0.2, -0.15) is 0 Å². The normalized spacial score (nSPS) is 21.6. The zero-order chi connectivity index (χ0) is 24.4. The second-order valence-corrected chi connectivity index (χ2v) is 9.96. The van der Waals surface area contributed by atoms with Crippen LogP contribution in [-0.4, -0.2) is 27.6 Å². The van der Waals surface area contributed by atoms with E-state index < -0.39 is 5.41 Å². The molecule has 7 rings (SSSR count). The third-order valence-electron chi connectivity index (χ3n) is 7.81. The summed E-state index contributed by atoms with van der Waals surface area (Å²) >= 11 is 0. The average Bonchev–Trinajstić information content (AvgIpc) is 3.38. The Balaban J connectivity index is 1.19. The fourth-order valence-electron chi connectivity index (χ4n) is 6.06. The van der Waals surface area contributed by atoms with Crippen LogP contribution in [0.5, 0.6) is 0 Å². The lowest BCUT2D eigenvalue weighted by molar-refractivity contribution is -0.120. The van der Waals surface area contributed by atoms with E-state index in [9.17, 15) is 14.4 Å². The summed E-state index contributed by atoms with van der Waals surface area (Å²) in [6.07, 6.45) is 3.39. The van der Waals surface area contributed by atoms with E-state index in [4.69, 9.17) is 4.98 Å². The van der Waals surface area contributed by atoms with Gasteiger partial charge in [-0.15, -0.1) is 0 Å². The molecule has 0 saturated heterocycles. The molecule has 176 valence electrons. The molecule has 0 fully saturated rings. The fourth-order valence-corrected chi connectivity index (χ4v) is 6.06. The largest absolute Gasteiger partial charge is 0.326 e. The summed E-state index contributed by atoms with van der Waals surface area (Å²) in [6, 6.07) is 19.3. The number of hydrogen-bond donors (Lipinski definition) is 2. The van der Waals surface area contributed by atoms with Crippen LogP contribution in [0.4, 0.5) is 11.5 Å². The SMILES string of the molecule is O=C1CC(CC(=O)c2ccc3cc4c(cc3n2)CC2(C4)C(=O)Nc3ncccc32)c2ccccc2N1. The lowest BCUT2D eigenvalue weighted by Gasteiger charge is -2.24. The predicted molar refractivity (Wildman–Crippen MR) is 135 cm³/mol. The van der Waals surface area contributed by atoms with Gasteiger partial charge in [-0.25, -0.2) is 9.97 Å². The Kier molecular flexibility index (Phi) is 4.39. The highest BCUT2D eigenvalue weighted by molar-refractivity contribution is 6.06. The zero-order valence-electron chi connectivity index (χ0n) is 19.4. The van der Waals surface area contributed by atoms with Crippen LogP contribution in [0.25, 0.3) is 10.9 Å². The van der Waals surface area contributed by atoms with Gasteiger partial charge in [0.2, 0.25) is 11.8 Å². The molecule has 2 amide bonds. The molecule has 2 N–H and O–H groups in total. The first-order valence-electron chi connectivity index (χ1n) is 12.1. The molecule has 0 radical (unpaired) electrons. The molecular formula is C29H22N4O3. The minimum Gasteiger partial charge on any atom is -0.326 e. The number of hydrogen-bond acceptors (Lipinski definition) is 5. The maximum atomic E-state index is 13.2. The van der Waals surface area contributed by atoms with Gasteiger partial charge in [-0.1, -0.05) is 30.3 Å². The number of amides is 2. The molecule has 0 saturated carbocycles. The molecular weight excluding hydrogens is 452 g/mol. The molecule has 1 spiro atoms. The molecule has 2 aromatic carbocycles. The molecule has 2 unspecified atom stereocenters. The van der Waals surface area contributed by atoms with Crippen LogP contribution in [0, 0.1) is 0 Å². The molecule has 2 aliphatic heterocycles. The van der Waals surface area contributed by atoms with Gasteiger partial charge in [-0.05, 0) is 59.9 Å². The van der Waals surface area contributed by atoms with E-state index in [-0.39, 0.29) is 36.4 Å². The number of carbonyl (C=O) groups is 3. The number of carbonyl (C=O) groups excluding carboxylic acids is 3. The van der Waals surface area contributed by atoms with Crippen molar-refractivity contribution < 1.29 is 14.4 Å². The van der Waals surface area contributed by atoms with E-state index in [1.54, 1.807) is 12.3 Å². The van der Waals surface area contributed by atoms with Gasteiger partial charge in [0, 0.05) is 41.6 Å². The topological polar surface area (TPSA) is 101 Å². The number of aromatic nitrogens is 2. The van der Waals surface area contributed by atoms with Gasteiger partial charge in [-0.3, -0.25) is 14.4 Å². The van der Waals surface area contributed by atoms with Crippen LogP contribution < -0.4 is 10.6 Å². The Hall–Kier alpha value is -4.39. The molecule has 4 aromatic rings. The van der Waals surface area contributed by atoms with Crippen LogP contribution in [0.15, 0.2) is 66.9 Å². The number of ketones is 1. The maximum Gasteiger partial charge on any atom is 0.237 e. The molecule has 7 nitrogen and oxygen atoms in total. The van der Waals surface area contributed by atoms with Crippen molar-refractivity contribution in [1.29, 1.82) is 0 Å². The highest BCUT2D eigenvalue weighted by Crippen LogP contribution is 2.47. The number of nitrogens with zero attached hydrogens (tertiary/aromatic N) is 2. The first kappa shape index (κ1) is 20.9. The van der Waals surface area contributed by atoms with Gasteiger partial charge in [0.1, 0.15) is 11.5 Å². The van der Waals surface area contributed by atoms with E-state index in [0.29, 0.717) is 24.4 Å². The summed E-state index contributed by atoms with van der Waals surface area (Å²) in [6.45, 7) is 0. The van der Waals surface area contributed by atoms with Crippen LogP contribution in [0.3, 0.4) is 0 Å². The summed E-state index contributed by atoms with van der Waals surface area (Å²) in [5.41, 5.74) is 5.39. The third-order valence-corrected chi connectivity index (χ3v) is 7.81. The molecule has 2 aromatic heterocycles. The number of nitrogens with one attached hydrogen (secondary N) is 2. The van der Waals surface area contributed by atoms with Crippen LogP contribution in [0.2, 0.25) is 0 Å². The van der Waals surface area contributed by atoms with Crippen molar-refractivity contribution in [2.24, 2.45) is 0 Å². The molecule has 3 aliphatic rings. The summed E-state index contributed by atoms with van der Waals surface area (Å²) in [5, 5.41) is 6.76. The monoisotopic (exact) mass is 474 g/mol. The summed E-state index contributed by atoms with van der Waals surface area (Å²) < 4.78 is 0. The number of pyridine rings is 2. The van der Waals surface area contributed by atoms with Crippen molar-refractivity contribution in [2.45, 2.75) is 37.0 Å². The molecule has 0 bridgehead atoms. The summed E-state index contributed by atoms with van der Waals surface area (Å²) in [4.78, 5) is 47.5. The van der Waals surface area contributed by atoms with Gasteiger partial charge in [0.15, 0.2) is 5.78 Å². The number of Topliss-reactive ketones (excluding diaryl/α,β-unsaturated/α-hetero) is 1. The maximum absolute atomic E-state index is 13.2. The quantitative estimate of drug-likeness (QED) is 0.431. The third kappa shape index (κ3) is 3.09. The zero-order valence-corrected chi connectivity index (χ0v) is 19.4. The van der Waals surface area contributed by atoms with E-state index in [1.807, 2.05) is 48.5 Å². The van der Waals surface area contributed by atoms with Crippen molar-refractivity contribution in [2.75, 3.05) is 10.6 Å². The lowest BCUT2D eigenvalue weighted by Crippen LogP contribution is -2.35. The van der Waals surface area contributed by atoms with Crippen molar-refractivity contribution in [3.63, 3.8) is 0 Å². The number of rotatable bonds is 3. The van der Waals surface area contributed by atoms with Gasteiger partial charge < -0.3 is 10.6 Å². The minimum absolute atomic E-state index is 0.0166. The first-order chi connectivity index (χ1) is 17.5. The van der Waals surface area contributed by atoms with Gasteiger partial charge in [0.05, 0.1) is 10.9 Å². The Morgan fingerprint density at radius 1 is 0.972 bits per heavy atom. The number of anilines is 2. The molecule has 7 heteroatoms. The summed E-state index contributed by atoms with van der Waals surface area (Å²) in [5.74, 6) is 0.295. The second kappa shape index (κ2) is 7.55. The number of para-hydroxylation sites is 1. The van der Waals surface area contributed by atoms with Crippen molar-refractivity contribution >= 4 is 40.0 Å². The predicted octanol–water partition coefficient (Wildman–Crippen LogP) is 4.32. The molecule has 1 aliphatic carbocycles. The highest BCUT2D eigenvalue weighted by atomic mass is 16.2.